The maximum absolute atomic E-state index is 11.9. The standard InChI is InChI=1S/C13H22N2O3/c1-9(16)7-14-12(17)11-3-2-6-15(8-11)13(18)10-4-5-10/h9-11,16H,2-8H2,1H3,(H,14,17)/t9-,11?/m0/s1. The van der Waals surface area contributed by atoms with Crippen molar-refractivity contribution in [3.05, 3.63) is 0 Å². The van der Waals surface area contributed by atoms with Gasteiger partial charge in [-0.25, -0.2) is 0 Å². The van der Waals surface area contributed by atoms with Crippen LogP contribution in [0.15, 0.2) is 0 Å². The smallest absolute Gasteiger partial charge is 0.225 e. The second kappa shape index (κ2) is 5.69. The Labute approximate surface area is 108 Å². The average molecular weight is 254 g/mol. The summed E-state index contributed by atoms with van der Waals surface area (Å²) in [7, 11) is 0. The highest BCUT2D eigenvalue weighted by molar-refractivity contribution is 5.83. The normalized spacial score (nSPS) is 25.7. The van der Waals surface area contributed by atoms with Gasteiger partial charge in [-0.3, -0.25) is 9.59 Å². The molecule has 102 valence electrons. The van der Waals surface area contributed by atoms with Crippen molar-refractivity contribution in [2.75, 3.05) is 19.6 Å². The number of nitrogens with one attached hydrogen (secondary N) is 1. The lowest BCUT2D eigenvalue weighted by Crippen LogP contribution is -2.46. The Kier molecular flexibility index (Phi) is 4.22. The summed E-state index contributed by atoms with van der Waals surface area (Å²) >= 11 is 0. The number of carbonyl (C=O) groups excluding carboxylic acids is 2. The van der Waals surface area contributed by atoms with Crippen LogP contribution in [-0.2, 0) is 9.59 Å². The van der Waals surface area contributed by atoms with Crippen molar-refractivity contribution in [2.24, 2.45) is 11.8 Å². The molecule has 1 saturated carbocycles. The summed E-state index contributed by atoms with van der Waals surface area (Å²) in [6, 6.07) is 0. The fraction of sp³-hybridized carbons (Fsp3) is 0.846. The van der Waals surface area contributed by atoms with E-state index in [1.54, 1.807) is 6.92 Å². The SMILES string of the molecule is C[C@H](O)CNC(=O)C1CCCN(C(=O)C2CC2)C1. The Hall–Kier alpha value is -1.10. The molecule has 1 aliphatic carbocycles. The number of hydrogen-bond acceptors (Lipinski definition) is 3. The van der Waals surface area contributed by atoms with Crippen molar-refractivity contribution >= 4 is 11.8 Å². The maximum atomic E-state index is 11.9. The minimum Gasteiger partial charge on any atom is -0.392 e. The maximum Gasteiger partial charge on any atom is 0.225 e. The van der Waals surface area contributed by atoms with Crippen molar-refractivity contribution in [3.8, 4) is 0 Å². The number of piperidine rings is 1. The van der Waals surface area contributed by atoms with E-state index in [1.165, 1.54) is 0 Å². The highest BCUT2D eigenvalue weighted by Gasteiger charge is 2.36. The van der Waals surface area contributed by atoms with Gasteiger partial charge in [0, 0.05) is 25.6 Å². The van der Waals surface area contributed by atoms with Crippen LogP contribution in [0.2, 0.25) is 0 Å². The molecule has 2 aliphatic rings. The molecule has 0 aromatic rings. The van der Waals surface area contributed by atoms with Crippen LogP contribution in [0.3, 0.4) is 0 Å². The molecular weight excluding hydrogens is 232 g/mol. The summed E-state index contributed by atoms with van der Waals surface area (Å²) < 4.78 is 0. The van der Waals surface area contributed by atoms with E-state index in [0.29, 0.717) is 6.54 Å². The van der Waals surface area contributed by atoms with Crippen LogP contribution in [0.4, 0.5) is 0 Å². The first kappa shape index (κ1) is 13.3. The van der Waals surface area contributed by atoms with Gasteiger partial charge in [-0.05, 0) is 32.6 Å². The molecule has 2 amide bonds. The Morgan fingerprint density at radius 2 is 2.06 bits per heavy atom. The van der Waals surface area contributed by atoms with Gasteiger partial charge in [-0.1, -0.05) is 0 Å². The van der Waals surface area contributed by atoms with Gasteiger partial charge >= 0.3 is 0 Å². The Morgan fingerprint density at radius 1 is 1.33 bits per heavy atom. The Bertz CT molecular complexity index is 326. The summed E-state index contributed by atoms with van der Waals surface area (Å²) in [6.45, 7) is 3.26. The highest BCUT2D eigenvalue weighted by atomic mass is 16.3. The van der Waals surface area contributed by atoms with Gasteiger partial charge < -0.3 is 15.3 Å². The second-order valence-electron chi connectivity index (χ2n) is 5.49. The molecule has 2 rings (SSSR count). The molecule has 1 heterocycles. The molecule has 2 fully saturated rings. The molecule has 0 radical (unpaired) electrons. The second-order valence-corrected chi connectivity index (χ2v) is 5.49. The lowest BCUT2D eigenvalue weighted by Gasteiger charge is -2.32. The Balaban J connectivity index is 1.81. The van der Waals surface area contributed by atoms with Gasteiger partial charge in [0.15, 0.2) is 0 Å². The molecule has 2 N–H and O–H groups in total. The minimum atomic E-state index is -0.526. The number of rotatable bonds is 4. The summed E-state index contributed by atoms with van der Waals surface area (Å²) in [4.78, 5) is 25.7. The van der Waals surface area contributed by atoms with E-state index in [9.17, 15) is 9.59 Å². The number of amides is 2. The van der Waals surface area contributed by atoms with E-state index in [-0.39, 0.29) is 30.2 Å². The number of likely N-dealkylation sites (tertiary alicyclic amines) is 1. The fourth-order valence-corrected chi connectivity index (χ4v) is 2.37. The van der Waals surface area contributed by atoms with Crippen LogP contribution >= 0.6 is 0 Å². The fourth-order valence-electron chi connectivity index (χ4n) is 2.37. The number of aliphatic hydroxyl groups is 1. The van der Waals surface area contributed by atoms with E-state index >= 15 is 0 Å². The summed E-state index contributed by atoms with van der Waals surface area (Å²) in [6.07, 6.45) is 3.22. The topological polar surface area (TPSA) is 69.6 Å². The lowest BCUT2D eigenvalue weighted by molar-refractivity contribution is -0.136. The van der Waals surface area contributed by atoms with Gasteiger partial charge in [0.2, 0.25) is 11.8 Å². The van der Waals surface area contributed by atoms with Crippen LogP contribution in [0, 0.1) is 11.8 Å². The predicted octanol–water partition coefficient (Wildman–Crippen LogP) is 0.132. The molecule has 2 atom stereocenters. The average Bonchev–Trinajstić information content (AvgIpc) is 3.19. The highest BCUT2D eigenvalue weighted by Crippen LogP contribution is 2.32. The van der Waals surface area contributed by atoms with E-state index < -0.39 is 6.10 Å². The van der Waals surface area contributed by atoms with E-state index in [4.69, 9.17) is 5.11 Å². The van der Waals surface area contributed by atoms with Gasteiger partial charge in [0.05, 0.1) is 12.0 Å². The first-order valence-electron chi connectivity index (χ1n) is 6.82. The molecule has 18 heavy (non-hydrogen) atoms. The van der Waals surface area contributed by atoms with Crippen LogP contribution in [-0.4, -0.2) is 47.6 Å². The zero-order valence-corrected chi connectivity index (χ0v) is 10.9. The molecule has 0 bridgehead atoms. The third-order valence-corrected chi connectivity index (χ3v) is 3.60. The molecule has 0 spiro atoms. The number of aliphatic hydroxyl groups excluding tert-OH is 1. The van der Waals surface area contributed by atoms with Crippen molar-refractivity contribution in [1.29, 1.82) is 0 Å². The first-order chi connectivity index (χ1) is 8.58. The summed E-state index contributed by atoms with van der Waals surface area (Å²) in [5, 5.41) is 11.9. The van der Waals surface area contributed by atoms with Crippen LogP contribution in [0.25, 0.3) is 0 Å². The largest absolute Gasteiger partial charge is 0.392 e. The Morgan fingerprint density at radius 3 is 2.67 bits per heavy atom. The zero-order chi connectivity index (χ0) is 13.1. The van der Waals surface area contributed by atoms with Crippen molar-refractivity contribution in [3.63, 3.8) is 0 Å². The molecule has 0 aromatic carbocycles. The molecule has 0 aromatic heterocycles. The van der Waals surface area contributed by atoms with E-state index in [0.717, 1.165) is 32.2 Å². The van der Waals surface area contributed by atoms with E-state index in [2.05, 4.69) is 5.32 Å². The van der Waals surface area contributed by atoms with Gasteiger partial charge in [0.25, 0.3) is 0 Å². The van der Waals surface area contributed by atoms with Crippen LogP contribution < -0.4 is 5.32 Å². The molecule has 1 unspecified atom stereocenters. The van der Waals surface area contributed by atoms with E-state index in [1.807, 2.05) is 4.90 Å². The third-order valence-electron chi connectivity index (χ3n) is 3.60. The number of nitrogens with zero attached hydrogens (tertiary/aromatic N) is 1. The summed E-state index contributed by atoms with van der Waals surface area (Å²) in [5.41, 5.74) is 0. The van der Waals surface area contributed by atoms with Crippen molar-refractivity contribution < 1.29 is 14.7 Å². The van der Waals surface area contributed by atoms with Crippen molar-refractivity contribution in [2.45, 2.75) is 38.7 Å². The van der Waals surface area contributed by atoms with Crippen molar-refractivity contribution in [1.82, 2.24) is 10.2 Å². The molecule has 5 heteroatoms. The molecule has 1 saturated heterocycles. The molecular formula is C13H22N2O3. The lowest BCUT2D eigenvalue weighted by atomic mass is 9.96. The monoisotopic (exact) mass is 254 g/mol. The van der Waals surface area contributed by atoms with Crippen LogP contribution in [0.1, 0.15) is 32.6 Å². The zero-order valence-electron chi connectivity index (χ0n) is 10.9. The van der Waals surface area contributed by atoms with Crippen LogP contribution in [0.5, 0.6) is 0 Å². The minimum absolute atomic E-state index is 0.0378. The predicted molar refractivity (Wildman–Crippen MR) is 66.7 cm³/mol. The van der Waals surface area contributed by atoms with Gasteiger partial charge in [-0.2, -0.15) is 0 Å². The first-order valence-corrected chi connectivity index (χ1v) is 6.82. The number of hydrogen-bond donors (Lipinski definition) is 2. The molecule has 1 aliphatic heterocycles. The summed E-state index contributed by atoms with van der Waals surface area (Å²) in [5.74, 6) is 0.302. The number of carbonyl (C=O) groups is 2. The van der Waals surface area contributed by atoms with Gasteiger partial charge in [0.1, 0.15) is 0 Å². The molecule has 5 nitrogen and oxygen atoms in total. The third kappa shape index (κ3) is 3.45. The van der Waals surface area contributed by atoms with Gasteiger partial charge in [-0.15, -0.1) is 0 Å². The quantitative estimate of drug-likeness (QED) is 0.749.